The van der Waals surface area contributed by atoms with E-state index in [0.717, 1.165) is 31.5 Å². The second-order valence-corrected chi connectivity index (χ2v) is 4.07. The van der Waals surface area contributed by atoms with Crippen LogP contribution in [0.5, 0.6) is 11.5 Å². The number of phenols is 1. The van der Waals surface area contributed by atoms with Crippen molar-refractivity contribution < 1.29 is 14.2 Å². The summed E-state index contributed by atoms with van der Waals surface area (Å²) < 4.78 is 18.3. The standard InChI is InChI=1S/C12H16FNO2/c1-16-12-7-10(13)11(15)6-9(12)8-2-4-14-5-3-8/h6-8,14-15H,2-5H2,1H3. The smallest absolute Gasteiger partial charge is 0.168 e. The van der Waals surface area contributed by atoms with E-state index in [0.29, 0.717) is 11.7 Å². The van der Waals surface area contributed by atoms with Crippen LogP contribution in [0.4, 0.5) is 4.39 Å². The van der Waals surface area contributed by atoms with Crippen LogP contribution in [-0.4, -0.2) is 25.3 Å². The summed E-state index contributed by atoms with van der Waals surface area (Å²) in [5.74, 6) is -0.0613. The first kappa shape index (κ1) is 11.2. The molecule has 1 aliphatic heterocycles. The van der Waals surface area contributed by atoms with Crippen LogP contribution in [0.15, 0.2) is 12.1 Å². The molecule has 1 saturated heterocycles. The number of methoxy groups -OCH3 is 1. The maximum absolute atomic E-state index is 13.2. The van der Waals surface area contributed by atoms with Gasteiger partial charge in [0, 0.05) is 11.6 Å². The first-order chi connectivity index (χ1) is 7.72. The largest absolute Gasteiger partial charge is 0.505 e. The highest BCUT2D eigenvalue weighted by atomic mass is 19.1. The number of aromatic hydroxyl groups is 1. The van der Waals surface area contributed by atoms with E-state index in [1.165, 1.54) is 19.2 Å². The lowest BCUT2D eigenvalue weighted by Gasteiger charge is -2.24. The molecule has 0 bridgehead atoms. The Kier molecular flexibility index (Phi) is 3.29. The van der Waals surface area contributed by atoms with Crippen LogP contribution in [0.3, 0.4) is 0 Å². The number of rotatable bonds is 2. The van der Waals surface area contributed by atoms with Crippen molar-refractivity contribution in [3.8, 4) is 11.5 Å². The highest BCUT2D eigenvalue weighted by molar-refractivity contribution is 5.43. The highest BCUT2D eigenvalue weighted by Crippen LogP contribution is 2.36. The van der Waals surface area contributed by atoms with Gasteiger partial charge in [0.15, 0.2) is 11.6 Å². The molecule has 0 atom stereocenters. The van der Waals surface area contributed by atoms with Crippen molar-refractivity contribution in [3.63, 3.8) is 0 Å². The van der Waals surface area contributed by atoms with Gasteiger partial charge in [-0.15, -0.1) is 0 Å². The van der Waals surface area contributed by atoms with Crippen molar-refractivity contribution in [2.45, 2.75) is 18.8 Å². The Morgan fingerprint density at radius 2 is 2.06 bits per heavy atom. The molecule has 0 spiro atoms. The lowest BCUT2D eigenvalue weighted by atomic mass is 9.89. The SMILES string of the molecule is COc1cc(F)c(O)cc1C1CCNCC1. The predicted octanol–water partition coefficient (Wildman–Crippen LogP) is 2.01. The van der Waals surface area contributed by atoms with Crippen LogP contribution in [0.2, 0.25) is 0 Å². The molecule has 1 aliphatic rings. The predicted molar refractivity (Wildman–Crippen MR) is 59.5 cm³/mol. The lowest BCUT2D eigenvalue weighted by Crippen LogP contribution is -2.26. The van der Waals surface area contributed by atoms with Crippen LogP contribution < -0.4 is 10.1 Å². The molecular formula is C12H16FNO2. The molecule has 2 rings (SSSR count). The van der Waals surface area contributed by atoms with Crippen molar-refractivity contribution in [2.75, 3.05) is 20.2 Å². The Bertz CT molecular complexity index is 376. The minimum absolute atomic E-state index is 0.297. The minimum Gasteiger partial charge on any atom is -0.505 e. The number of piperidine rings is 1. The molecule has 3 nitrogen and oxygen atoms in total. The molecule has 1 aromatic rings. The van der Waals surface area contributed by atoms with Gasteiger partial charge >= 0.3 is 0 Å². The summed E-state index contributed by atoms with van der Waals surface area (Å²) in [6.45, 7) is 1.90. The second kappa shape index (κ2) is 4.70. The number of hydrogen-bond acceptors (Lipinski definition) is 3. The molecule has 0 unspecified atom stereocenters. The fourth-order valence-electron chi connectivity index (χ4n) is 2.19. The summed E-state index contributed by atoms with van der Waals surface area (Å²) in [4.78, 5) is 0. The molecule has 1 aromatic carbocycles. The second-order valence-electron chi connectivity index (χ2n) is 4.07. The summed E-state index contributed by atoms with van der Waals surface area (Å²) >= 11 is 0. The Hall–Kier alpha value is -1.29. The van der Waals surface area contributed by atoms with E-state index in [2.05, 4.69) is 5.32 Å². The molecule has 4 heteroatoms. The third-order valence-electron chi connectivity index (χ3n) is 3.08. The molecule has 2 N–H and O–H groups in total. The third kappa shape index (κ3) is 2.11. The van der Waals surface area contributed by atoms with E-state index in [4.69, 9.17) is 4.74 Å². The van der Waals surface area contributed by atoms with E-state index in [-0.39, 0.29) is 5.75 Å². The topological polar surface area (TPSA) is 41.5 Å². The Morgan fingerprint density at radius 3 is 2.69 bits per heavy atom. The minimum atomic E-state index is -0.630. The van der Waals surface area contributed by atoms with E-state index in [9.17, 15) is 9.50 Å². The maximum Gasteiger partial charge on any atom is 0.168 e. The highest BCUT2D eigenvalue weighted by Gasteiger charge is 2.20. The summed E-state index contributed by atoms with van der Waals surface area (Å²) in [5.41, 5.74) is 0.905. The quantitative estimate of drug-likeness (QED) is 0.809. The van der Waals surface area contributed by atoms with E-state index < -0.39 is 5.82 Å². The average molecular weight is 225 g/mol. The molecule has 0 radical (unpaired) electrons. The zero-order chi connectivity index (χ0) is 11.5. The molecule has 1 heterocycles. The van der Waals surface area contributed by atoms with Gasteiger partial charge in [0.2, 0.25) is 0 Å². The summed E-state index contributed by atoms with van der Waals surface area (Å²) in [6, 6.07) is 2.75. The number of hydrogen-bond donors (Lipinski definition) is 2. The van der Waals surface area contributed by atoms with Crippen molar-refractivity contribution >= 4 is 0 Å². The van der Waals surface area contributed by atoms with Gasteiger partial charge in [-0.2, -0.15) is 0 Å². The average Bonchev–Trinajstić information content (AvgIpc) is 2.33. The molecule has 16 heavy (non-hydrogen) atoms. The lowest BCUT2D eigenvalue weighted by molar-refractivity contribution is 0.378. The number of nitrogens with one attached hydrogen (secondary N) is 1. The molecule has 0 aliphatic carbocycles. The fraction of sp³-hybridized carbons (Fsp3) is 0.500. The first-order valence-electron chi connectivity index (χ1n) is 5.49. The molecule has 0 aromatic heterocycles. The first-order valence-corrected chi connectivity index (χ1v) is 5.49. The van der Waals surface area contributed by atoms with Gasteiger partial charge in [-0.3, -0.25) is 0 Å². The van der Waals surface area contributed by atoms with Crippen LogP contribution in [0, 0.1) is 5.82 Å². The van der Waals surface area contributed by atoms with E-state index >= 15 is 0 Å². The molecule has 0 saturated carbocycles. The van der Waals surface area contributed by atoms with Crippen LogP contribution in [0.1, 0.15) is 24.3 Å². The number of phenolic OH excluding ortho intramolecular Hbond substituents is 1. The number of ether oxygens (including phenoxy) is 1. The van der Waals surface area contributed by atoms with Crippen LogP contribution in [0.25, 0.3) is 0 Å². The fourth-order valence-corrected chi connectivity index (χ4v) is 2.19. The number of benzene rings is 1. The van der Waals surface area contributed by atoms with Gasteiger partial charge in [-0.05, 0) is 37.9 Å². The van der Waals surface area contributed by atoms with E-state index in [1.54, 1.807) is 0 Å². The molecular weight excluding hydrogens is 209 g/mol. The molecule has 88 valence electrons. The van der Waals surface area contributed by atoms with Crippen molar-refractivity contribution in [3.05, 3.63) is 23.5 Å². The monoisotopic (exact) mass is 225 g/mol. The Morgan fingerprint density at radius 1 is 1.38 bits per heavy atom. The molecule has 0 amide bonds. The van der Waals surface area contributed by atoms with Crippen LogP contribution in [-0.2, 0) is 0 Å². The summed E-state index contributed by atoms with van der Waals surface area (Å²) in [6.07, 6.45) is 1.98. The maximum atomic E-state index is 13.2. The van der Waals surface area contributed by atoms with Gasteiger partial charge in [-0.25, -0.2) is 4.39 Å². The van der Waals surface area contributed by atoms with Gasteiger partial charge in [-0.1, -0.05) is 0 Å². The normalized spacial score (nSPS) is 17.4. The van der Waals surface area contributed by atoms with E-state index in [1.807, 2.05) is 0 Å². The van der Waals surface area contributed by atoms with Crippen molar-refractivity contribution in [2.24, 2.45) is 0 Å². The molecule has 1 fully saturated rings. The Balaban J connectivity index is 2.33. The van der Waals surface area contributed by atoms with Gasteiger partial charge in [0.05, 0.1) is 7.11 Å². The van der Waals surface area contributed by atoms with Gasteiger partial charge in [0.25, 0.3) is 0 Å². The van der Waals surface area contributed by atoms with Crippen molar-refractivity contribution in [1.82, 2.24) is 5.32 Å². The van der Waals surface area contributed by atoms with Crippen molar-refractivity contribution in [1.29, 1.82) is 0 Å². The third-order valence-corrected chi connectivity index (χ3v) is 3.08. The summed E-state index contributed by atoms with van der Waals surface area (Å²) in [5, 5.41) is 12.7. The van der Waals surface area contributed by atoms with Gasteiger partial charge < -0.3 is 15.2 Å². The van der Waals surface area contributed by atoms with Gasteiger partial charge in [0.1, 0.15) is 5.75 Å². The summed E-state index contributed by atoms with van der Waals surface area (Å²) in [7, 11) is 1.52. The zero-order valence-electron chi connectivity index (χ0n) is 9.29. The van der Waals surface area contributed by atoms with Crippen LogP contribution >= 0.6 is 0 Å². The Labute approximate surface area is 94.2 Å². The number of halogens is 1. The zero-order valence-corrected chi connectivity index (χ0v) is 9.29.